The van der Waals surface area contributed by atoms with Crippen LogP contribution in [0.3, 0.4) is 0 Å². The molecule has 0 aliphatic carbocycles. The molecule has 0 unspecified atom stereocenters. The van der Waals surface area contributed by atoms with Crippen LogP contribution in [-0.4, -0.2) is 25.2 Å². The maximum atomic E-state index is 11.7. The van der Waals surface area contributed by atoms with E-state index >= 15 is 0 Å². The number of nitrogens with zero attached hydrogens (tertiary/aromatic N) is 1. The molecule has 0 radical (unpaired) electrons. The van der Waals surface area contributed by atoms with E-state index in [1.807, 2.05) is 0 Å². The number of rotatable bonds is 7. The molecule has 0 spiro atoms. The fourth-order valence-corrected chi connectivity index (χ4v) is 4.03. The van der Waals surface area contributed by atoms with Crippen LogP contribution < -0.4 is 5.32 Å². The number of thiazole rings is 1. The van der Waals surface area contributed by atoms with E-state index in [1.165, 1.54) is 11.3 Å². The molecule has 4 nitrogen and oxygen atoms in total. The van der Waals surface area contributed by atoms with Gasteiger partial charge in [0, 0.05) is 23.2 Å². The number of aromatic nitrogens is 1. The van der Waals surface area contributed by atoms with Gasteiger partial charge in [-0.2, -0.15) is 0 Å². The average molecular weight is 304 g/mol. The Hall–Kier alpha value is -0.460. The van der Waals surface area contributed by atoms with E-state index in [2.05, 4.69) is 38.0 Å². The summed E-state index contributed by atoms with van der Waals surface area (Å²) >= 11 is 1.52. The lowest BCUT2D eigenvalue weighted by Gasteiger charge is -2.09. The molecule has 0 amide bonds. The molecular formula is C13H24N2O2S2. The van der Waals surface area contributed by atoms with Crippen LogP contribution in [0.4, 0.5) is 0 Å². The van der Waals surface area contributed by atoms with Crippen molar-refractivity contribution in [2.75, 3.05) is 5.75 Å². The van der Waals surface area contributed by atoms with Crippen molar-refractivity contribution >= 4 is 21.2 Å². The Bertz CT molecular complexity index is 505. The van der Waals surface area contributed by atoms with Crippen LogP contribution in [0.1, 0.15) is 56.1 Å². The lowest BCUT2D eigenvalue weighted by molar-refractivity contribution is 0.588. The SMILES string of the molecule is CCS(=O)(=O)Cc1nc(C(C)C)c(CNC(C)C)s1. The van der Waals surface area contributed by atoms with Gasteiger partial charge in [-0.05, 0) is 5.92 Å². The highest BCUT2D eigenvalue weighted by Gasteiger charge is 2.18. The van der Waals surface area contributed by atoms with Crippen molar-refractivity contribution in [3.05, 3.63) is 15.6 Å². The second-order valence-corrected chi connectivity index (χ2v) is 8.80. The monoisotopic (exact) mass is 304 g/mol. The van der Waals surface area contributed by atoms with Gasteiger partial charge in [0.2, 0.25) is 0 Å². The fraction of sp³-hybridized carbons (Fsp3) is 0.769. The summed E-state index contributed by atoms with van der Waals surface area (Å²) in [6, 6.07) is 0.407. The van der Waals surface area contributed by atoms with Gasteiger partial charge in [0.25, 0.3) is 0 Å². The summed E-state index contributed by atoms with van der Waals surface area (Å²) in [7, 11) is -3.01. The van der Waals surface area contributed by atoms with Crippen LogP contribution in [0.15, 0.2) is 0 Å². The van der Waals surface area contributed by atoms with Crippen LogP contribution in [0.5, 0.6) is 0 Å². The van der Waals surface area contributed by atoms with Gasteiger partial charge in [-0.3, -0.25) is 0 Å². The molecule has 0 fully saturated rings. The molecule has 1 rings (SSSR count). The maximum absolute atomic E-state index is 11.7. The molecule has 0 bridgehead atoms. The highest BCUT2D eigenvalue weighted by atomic mass is 32.2. The van der Waals surface area contributed by atoms with Crippen molar-refractivity contribution in [3.8, 4) is 0 Å². The maximum Gasteiger partial charge on any atom is 0.156 e. The molecule has 0 saturated heterocycles. The quantitative estimate of drug-likeness (QED) is 0.841. The summed E-state index contributed by atoms with van der Waals surface area (Å²) in [5.74, 6) is 0.553. The Morgan fingerprint density at radius 3 is 2.37 bits per heavy atom. The van der Waals surface area contributed by atoms with Gasteiger partial charge in [0.1, 0.15) is 10.8 Å². The van der Waals surface area contributed by atoms with E-state index in [0.717, 1.165) is 17.1 Å². The van der Waals surface area contributed by atoms with Gasteiger partial charge in [-0.25, -0.2) is 13.4 Å². The number of hydrogen-bond donors (Lipinski definition) is 1. The second kappa shape index (κ2) is 6.81. The first-order valence-electron chi connectivity index (χ1n) is 6.67. The normalized spacial score (nSPS) is 12.6. The van der Waals surface area contributed by atoms with Gasteiger partial charge in [-0.15, -0.1) is 11.3 Å². The van der Waals surface area contributed by atoms with E-state index in [4.69, 9.17) is 0 Å². The molecule has 0 saturated carbocycles. The van der Waals surface area contributed by atoms with Crippen molar-refractivity contribution in [3.63, 3.8) is 0 Å². The summed E-state index contributed by atoms with van der Waals surface area (Å²) in [4.78, 5) is 5.68. The predicted octanol–water partition coefficient (Wildman–Crippen LogP) is 2.70. The van der Waals surface area contributed by atoms with E-state index in [1.54, 1.807) is 6.92 Å². The lowest BCUT2D eigenvalue weighted by atomic mass is 10.1. The van der Waals surface area contributed by atoms with Crippen LogP contribution in [0.25, 0.3) is 0 Å². The van der Waals surface area contributed by atoms with Crippen LogP contribution in [-0.2, 0) is 22.1 Å². The zero-order valence-electron chi connectivity index (χ0n) is 12.4. The Morgan fingerprint density at radius 2 is 1.89 bits per heavy atom. The van der Waals surface area contributed by atoms with Gasteiger partial charge >= 0.3 is 0 Å². The molecule has 1 heterocycles. The summed E-state index contributed by atoms with van der Waals surface area (Å²) in [6.07, 6.45) is 0. The first kappa shape index (κ1) is 16.6. The molecule has 0 aliphatic heterocycles. The smallest absolute Gasteiger partial charge is 0.156 e. The minimum absolute atomic E-state index is 0.0650. The largest absolute Gasteiger partial charge is 0.310 e. The first-order chi connectivity index (χ1) is 8.75. The van der Waals surface area contributed by atoms with E-state index in [-0.39, 0.29) is 11.5 Å². The Labute approximate surface area is 120 Å². The first-order valence-corrected chi connectivity index (χ1v) is 9.31. The Balaban J connectivity index is 2.94. The average Bonchev–Trinajstić information content (AvgIpc) is 2.69. The second-order valence-electron chi connectivity index (χ2n) is 5.28. The van der Waals surface area contributed by atoms with E-state index in [9.17, 15) is 8.42 Å². The summed E-state index contributed by atoms with van der Waals surface area (Å²) in [5, 5.41) is 4.08. The predicted molar refractivity (Wildman–Crippen MR) is 81.3 cm³/mol. The molecule has 110 valence electrons. The van der Waals surface area contributed by atoms with Gasteiger partial charge in [0.15, 0.2) is 9.84 Å². The number of hydrogen-bond acceptors (Lipinski definition) is 5. The third-order valence-corrected chi connectivity index (χ3v) is 5.62. The highest BCUT2D eigenvalue weighted by molar-refractivity contribution is 7.90. The number of sulfone groups is 1. The molecular weight excluding hydrogens is 280 g/mol. The summed E-state index contributed by atoms with van der Waals surface area (Å²) in [5.41, 5.74) is 1.03. The van der Waals surface area contributed by atoms with E-state index in [0.29, 0.717) is 17.0 Å². The van der Waals surface area contributed by atoms with Crippen molar-refractivity contribution in [2.24, 2.45) is 0 Å². The van der Waals surface area contributed by atoms with Gasteiger partial charge in [0.05, 0.1) is 5.69 Å². The molecule has 19 heavy (non-hydrogen) atoms. The number of nitrogens with one attached hydrogen (secondary N) is 1. The van der Waals surface area contributed by atoms with E-state index < -0.39 is 9.84 Å². The molecule has 1 N–H and O–H groups in total. The minimum atomic E-state index is -3.01. The third kappa shape index (κ3) is 5.20. The van der Waals surface area contributed by atoms with Crippen LogP contribution in [0.2, 0.25) is 0 Å². The summed E-state index contributed by atoms with van der Waals surface area (Å²) in [6.45, 7) is 10.8. The zero-order chi connectivity index (χ0) is 14.6. The van der Waals surface area contributed by atoms with Crippen molar-refractivity contribution in [1.29, 1.82) is 0 Å². The zero-order valence-corrected chi connectivity index (χ0v) is 14.0. The fourth-order valence-electron chi connectivity index (χ4n) is 1.64. The highest BCUT2D eigenvalue weighted by Crippen LogP contribution is 2.26. The molecule has 0 atom stereocenters. The Morgan fingerprint density at radius 1 is 1.26 bits per heavy atom. The topological polar surface area (TPSA) is 59.1 Å². The van der Waals surface area contributed by atoms with Gasteiger partial charge in [-0.1, -0.05) is 34.6 Å². The summed E-state index contributed by atoms with van der Waals surface area (Å²) < 4.78 is 23.4. The van der Waals surface area contributed by atoms with Gasteiger partial charge < -0.3 is 5.32 Å². The van der Waals surface area contributed by atoms with Crippen LogP contribution in [0, 0.1) is 0 Å². The van der Waals surface area contributed by atoms with Crippen molar-refractivity contribution in [1.82, 2.24) is 10.3 Å². The van der Waals surface area contributed by atoms with Crippen molar-refractivity contribution < 1.29 is 8.42 Å². The lowest BCUT2D eigenvalue weighted by Crippen LogP contribution is -2.22. The standard InChI is InChI=1S/C13H24N2O2S2/c1-6-19(16,17)8-12-15-13(9(2)3)11(18-12)7-14-10(4)5/h9-10,14H,6-8H2,1-5H3. The minimum Gasteiger partial charge on any atom is -0.310 e. The molecule has 0 aliphatic rings. The Kier molecular flexibility index (Phi) is 5.95. The van der Waals surface area contributed by atoms with Crippen molar-refractivity contribution in [2.45, 2.75) is 58.9 Å². The molecule has 1 aromatic heterocycles. The molecule has 6 heteroatoms. The molecule has 0 aromatic carbocycles. The van der Waals surface area contributed by atoms with Crippen LogP contribution >= 0.6 is 11.3 Å². The molecule has 1 aromatic rings. The third-order valence-electron chi connectivity index (χ3n) is 2.77.